The van der Waals surface area contributed by atoms with Crippen molar-refractivity contribution in [2.24, 2.45) is 0 Å². The van der Waals surface area contributed by atoms with Crippen LogP contribution in [-0.2, 0) is 17.8 Å². The van der Waals surface area contributed by atoms with E-state index in [0.29, 0.717) is 24.4 Å². The van der Waals surface area contributed by atoms with Gasteiger partial charge in [-0.05, 0) is 65.1 Å². The molecule has 5 rings (SSSR count). The van der Waals surface area contributed by atoms with Crippen molar-refractivity contribution in [2.45, 2.75) is 25.4 Å². The number of hydrogen-bond acceptors (Lipinski definition) is 4. The number of aryl methyl sites for hydroxylation is 1. The smallest absolute Gasteiger partial charge is 0.254 e. The molecule has 6 heteroatoms. The molecule has 2 heterocycles. The molecule has 1 aliphatic rings. The predicted molar refractivity (Wildman–Crippen MR) is 140 cm³/mol. The molecule has 35 heavy (non-hydrogen) atoms. The summed E-state index contributed by atoms with van der Waals surface area (Å²) in [5, 5.41) is 3.35. The van der Waals surface area contributed by atoms with Crippen LogP contribution in [0.25, 0.3) is 10.1 Å². The van der Waals surface area contributed by atoms with Crippen molar-refractivity contribution in [3.05, 3.63) is 101 Å². The summed E-state index contributed by atoms with van der Waals surface area (Å²) >= 11 is 1.71. The van der Waals surface area contributed by atoms with Gasteiger partial charge in [0.2, 0.25) is 5.91 Å². The molecule has 0 radical (unpaired) electrons. The first-order chi connectivity index (χ1) is 17.1. The minimum atomic E-state index is -0.119. The van der Waals surface area contributed by atoms with Crippen molar-refractivity contribution in [3.63, 3.8) is 0 Å². The van der Waals surface area contributed by atoms with Gasteiger partial charge in [0.1, 0.15) is 12.3 Å². The molecule has 0 unspecified atom stereocenters. The van der Waals surface area contributed by atoms with Crippen LogP contribution in [0.1, 0.15) is 27.9 Å². The molecule has 4 aromatic rings. The standard InChI is InChI=1S/C29H28N2O3S/c1-34-25-15-12-22(13-16-25)29(33)30-18-24(14-11-21-7-3-2-4-8-21)31(28(32)19-30)17-23-20-35-27-10-6-5-9-26(23)27/h2-10,12-13,15-16,20,24H,11,14,17-19H2,1H3/t24-/m0/s1. The van der Waals surface area contributed by atoms with E-state index in [1.54, 1.807) is 47.6 Å². The fourth-order valence-electron chi connectivity index (χ4n) is 4.73. The second-order valence-electron chi connectivity index (χ2n) is 8.87. The van der Waals surface area contributed by atoms with Crippen LogP contribution < -0.4 is 4.74 Å². The van der Waals surface area contributed by atoms with Gasteiger partial charge in [-0.15, -0.1) is 11.3 Å². The number of benzene rings is 3. The molecule has 1 atom stereocenters. The number of carbonyl (C=O) groups excluding carboxylic acids is 2. The first-order valence-corrected chi connectivity index (χ1v) is 12.7. The molecule has 1 aromatic heterocycles. The highest BCUT2D eigenvalue weighted by Gasteiger charge is 2.35. The molecular weight excluding hydrogens is 456 g/mol. The number of amides is 2. The van der Waals surface area contributed by atoms with Crippen LogP contribution in [0.3, 0.4) is 0 Å². The Kier molecular flexibility index (Phi) is 6.82. The zero-order valence-electron chi connectivity index (χ0n) is 19.7. The summed E-state index contributed by atoms with van der Waals surface area (Å²) in [7, 11) is 1.60. The number of rotatable bonds is 7. The zero-order valence-corrected chi connectivity index (χ0v) is 20.5. The lowest BCUT2D eigenvalue weighted by Crippen LogP contribution is -2.57. The molecular formula is C29H28N2O3S. The highest BCUT2D eigenvalue weighted by Crippen LogP contribution is 2.29. The first-order valence-electron chi connectivity index (χ1n) is 11.8. The number of carbonyl (C=O) groups is 2. The lowest BCUT2D eigenvalue weighted by atomic mass is 10.00. The highest BCUT2D eigenvalue weighted by atomic mass is 32.1. The van der Waals surface area contributed by atoms with Gasteiger partial charge in [-0.3, -0.25) is 9.59 Å². The van der Waals surface area contributed by atoms with Crippen LogP contribution in [0.4, 0.5) is 0 Å². The van der Waals surface area contributed by atoms with Crippen LogP contribution in [0, 0.1) is 0 Å². The van der Waals surface area contributed by atoms with Gasteiger partial charge in [-0.2, -0.15) is 0 Å². The summed E-state index contributed by atoms with van der Waals surface area (Å²) in [6.07, 6.45) is 1.65. The van der Waals surface area contributed by atoms with Gasteiger partial charge in [-0.1, -0.05) is 48.5 Å². The Labute approximate surface area is 209 Å². The van der Waals surface area contributed by atoms with Crippen LogP contribution in [0.5, 0.6) is 5.75 Å². The Bertz CT molecular complexity index is 1320. The van der Waals surface area contributed by atoms with E-state index in [0.717, 1.165) is 12.8 Å². The van der Waals surface area contributed by atoms with Crippen LogP contribution >= 0.6 is 11.3 Å². The molecule has 1 aliphatic heterocycles. The van der Waals surface area contributed by atoms with E-state index in [9.17, 15) is 9.59 Å². The van der Waals surface area contributed by atoms with Crippen LogP contribution in [-0.4, -0.2) is 47.9 Å². The van der Waals surface area contributed by atoms with Crippen molar-refractivity contribution in [3.8, 4) is 5.75 Å². The third kappa shape index (κ3) is 5.08. The monoisotopic (exact) mass is 484 g/mol. The summed E-state index contributed by atoms with van der Waals surface area (Å²) in [4.78, 5) is 30.4. The van der Waals surface area contributed by atoms with E-state index in [4.69, 9.17) is 4.74 Å². The van der Waals surface area contributed by atoms with E-state index in [1.165, 1.54) is 21.2 Å². The maximum Gasteiger partial charge on any atom is 0.254 e. The lowest BCUT2D eigenvalue weighted by molar-refractivity contribution is -0.139. The van der Waals surface area contributed by atoms with Gasteiger partial charge in [0.05, 0.1) is 13.2 Å². The maximum atomic E-state index is 13.4. The average molecular weight is 485 g/mol. The summed E-state index contributed by atoms with van der Waals surface area (Å²) in [5.41, 5.74) is 2.97. The highest BCUT2D eigenvalue weighted by molar-refractivity contribution is 7.17. The third-order valence-electron chi connectivity index (χ3n) is 6.65. The largest absolute Gasteiger partial charge is 0.497 e. The normalized spacial score (nSPS) is 16.0. The number of ether oxygens (including phenoxy) is 1. The van der Waals surface area contributed by atoms with Gasteiger partial charge in [0.15, 0.2) is 0 Å². The molecule has 178 valence electrons. The number of hydrogen-bond donors (Lipinski definition) is 0. The second-order valence-corrected chi connectivity index (χ2v) is 9.78. The average Bonchev–Trinajstić information content (AvgIpc) is 3.32. The van der Waals surface area contributed by atoms with E-state index in [-0.39, 0.29) is 24.4 Å². The van der Waals surface area contributed by atoms with Crippen LogP contribution in [0.2, 0.25) is 0 Å². The minimum Gasteiger partial charge on any atom is -0.497 e. The van der Waals surface area contributed by atoms with Gasteiger partial charge in [0, 0.05) is 23.4 Å². The Balaban J connectivity index is 1.38. The van der Waals surface area contributed by atoms with Crippen molar-refractivity contribution in [1.29, 1.82) is 0 Å². The Morgan fingerprint density at radius 3 is 2.51 bits per heavy atom. The zero-order chi connectivity index (χ0) is 24.2. The molecule has 1 saturated heterocycles. The second kappa shape index (κ2) is 10.3. The number of methoxy groups -OCH3 is 1. The molecule has 3 aromatic carbocycles. The van der Waals surface area contributed by atoms with Gasteiger partial charge in [-0.25, -0.2) is 0 Å². The Morgan fingerprint density at radius 1 is 1.00 bits per heavy atom. The van der Waals surface area contributed by atoms with Crippen molar-refractivity contribution < 1.29 is 14.3 Å². The van der Waals surface area contributed by atoms with Crippen molar-refractivity contribution >= 4 is 33.2 Å². The summed E-state index contributed by atoms with van der Waals surface area (Å²) < 4.78 is 6.44. The molecule has 1 fully saturated rings. The van der Waals surface area contributed by atoms with Gasteiger partial charge < -0.3 is 14.5 Å². The Morgan fingerprint density at radius 2 is 1.74 bits per heavy atom. The lowest BCUT2D eigenvalue weighted by Gasteiger charge is -2.41. The molecule has 0 saturated carbocycles. The quantitative estimate of drug-likeness (QED) is 0.353. The molecule has 5 nitrogen and oxygen atoms in total. The molecule has 0 bridgehead atoms. The number of piperazine rings is 1. The predicted octanol–water partition coefficient (Wildman–Crippen LogP) is 5.40. The molecule has 0 aliphatic carbocycles. The third-order valence-corrected chi connectivity index (χ3v) is 7.67. The number of thiophene rings is 1. The molecule has 0 spiro atoms. The van der Waals surface area contributed by atoms with E-state index >= 15 is 0 Å². The van der Waals surface area contributed by atoms with Gasteiger partial charge >= 0.3 is 0 Å². The van der Waals surface area contributed by atoms with E-state index < -0.39 is 0 Å². The SMILES string of the molecule is COc1ccc(C(=O)N2CC(=O)N(Cc3csc4ccccc34)[C@@H](CCc3ccccc3)C2)cc1. The van der Waals surface area contributed by atoms with Gasteiger partial charge in [0.25, 0.3) is 5.91 Å². The Hall–Kier alpha value is -3.64. The maximum absolute atomic E-state index is 13.4. The summed E-state index contributed by atoms with van der Waals surface area (Å²) in [5.74, 6) is 0.573. The number of fused-ring (bicyclic) bond motifs is 1. The van der Waals surface area contributed by atoms with Crippen molar-refractivity contribution in [2.75, 3.05) is 20.2 Å². The molecule has 2 amide bonds. The first kappa shape index (κ1) is 23.1. The summed E-state index contributed by atoms with van der Waals surface area (Å²) in [6.45, 7) is 1.17. The minimum absolute atomic E-state index is 0.00791. The van der Waals surface area contributed by atoms with E-state index in [2.05, 4.69) is 29.6 Å². The number of nitrogens with zero attached hydrogens (tertiary/aromatic N) is 2. The van der Waals surface area contributed by atoms with Crippen LogP contribution in [0.15, 0.2) is 84.2 Å². The fraction of sp³-hybridized carbons (Fsp3) is 0.241. The van der Waals surface area contributed by atoms with E-state index in [1.807, 2.05) is 35.2 Å². The van der Waals surface area contributed by atoms with Crippen molar-refractivity contribution in [1.82, 2.24) is 9.80 Å². The summed E-state index contributed by atoms with van der Waals surface area (Å²) in [6, 6.07) is 25.6. The fourth-order valence-corrected chi connectivity index (χ4v) is 5.68. The topological polar surface area (TPSA) is 49.9 Å². The molecule has 0 N–H and O–H groups in total.